The molecule has 0 radical (unpaired) electrons. The molecule has 0 aromatic carbocycles. The van der Waals surface area contributed by atoms with Gasteiger partial charge < -0.3 is 9.47 Å². The normalized spacial score (nSPS) is 25.4. The van der Waals surface area contributed by atoms with E-state index in [0.29, 0.717) is 5.76 Å². The number of carbonyl (C=O) groups is 1. The van der Waals surface area contributed by atoms with Crippen LogP contribution in [-0.2, 0) is 14.3 Å². The fourth-order valence-electron chi connectivity index (χ4n) is 0.981. The van der Waals surface area contributed by atoms with Crippen LogP contribution in [0.4, 0.5) is 0 Å². The second-order valence-corrected chi connectivity index (χ2v) is 3.06. The molecular weight excluding hydrogens is 156 g/mol. The van der Waals surface area contributed by atoms with Crippen LogP contribution in [0, 0.1) is 5.92 Å². The molecule has 0 amide bonds. The van der Waals surface area contributed by atoms with Crippen LogP contribution in [0.25, 0.3) is 0 Å². The molecule has 1 rings (SSSR count). The first-order valence-corrected chi connectivity index (χ1v) is 4.19. The van der Waals surface area contributed by atoms with Crippen LogP contribution in [0.2, 0.25) is 0 Å². The lowest BCUT2D eigenvalue weighted by Crippen LogP contribution is -2.30. The Morgan fingerprint density at radius 3 is 2.75 bits per heavy atom. The number of ether oxygens (including phenoxy) is 2. The number of allylic oxidation sites excluding steroid dienone is 1. The van der Waals surface area contributed by atoms with Crippen molar-refractivity contribution >= 4 is 5.97 Å². The Hall–Kier alpha value is -0.990. The van der Waals surface area contributed by atoms with E-state index in [1.165, 1.54) is 6.08 Å². The predicted octanol–water partition coefficient (Wildman–Crippen LogP) is 1.84. The van der Waals surface area contributed by atoms with Gasteiger partial charge in [0.1, 0.15) is 5.76 Å². The zero-order valence-corrected chi connectivity index (χ0v) is 7.66. The summed E-state index contributed by atoms with van der Waals surface area (Å²) in [4.78, 5) is 10.9. The number of hydrogen-bond acceptors (Lipinski definition) is 3. The molecule has 12 heavy (non-hydrogen) atoms. The molecule has 0 bridgehead atoms. The van der Waals surface area contributed by atoms with Crippen LogP contribution in [0.3, 0.4) is 0 Å². The molecule has 1 aliphatic rings. The molecule has 0 unspecified atom stereocenters. The summed E-state index contributed by atoms with van der Waals surface area (Å²) in [6.07, 6.45) is 1.90. The minimum atomic E-state index is -0.396. The van der Waals surface area contributed by atoms with Gasteiger partial charge in [0, 0.05) is 5.92 Å². The van der Waals surface area contributed by atoms with Crippen molar-refractivity contribution in [3.05, 3.63) is 11.8 Å². The lowest BCUT2D eigenvalue weighted by Gasteiger charge is -2.26. The Balaban J connectivity index is 2.61. The number of cyclic esters (lactones) is 1. The fourth-order valence-corrected chi connectivity index (χ4v) is 0.981. The van der Waals surface area contributed by atoms with E-state index in [-0.39, 0.29) is 11.9 Å². The second kappa shape index (κ2) is 3.61. The first kappa shape index (κ1) is 9.10. The van der Waals surface area contributed by atoms with E-state index in [1.807, 2.05) is 13.8 Å². The van der Waals surface area contributed by atoms with E-state index in [4.69, 9.17) is 9.47 Å². The SMILES string of the molecule is CC[C@@H](C)[C@@H]1OC(=O)C=C(C)O1. The van der Waals surface area contributed by atoms with Gasteiger partial charge in [0.05, 0.1) is 6.08 Å². The molecule has 3 heteroatoms. The third-order valence-corrected chi connectivity index (χ3v) is 1.96. The van der Waals surface area contributed by atoms with Crippen molar-refractivity contribution < 1.29 is 14.3 Å². The van der Waals surface area contributed by atoms with Crippen LogP contribution in [-0.4, -0.2) is 12.3 Å². The lowest BCUT2D eigenvalue weighted by molar-refractivity contribution is -0.182. The predicted molar refractivity (Wildman–Crippen MR) is 44.2 cm³/mol. The molecule has 0 saturated carbocycles. The minimum Gasteiger partial charge on any atom is -0.459 e. The molecule has 68 valence electrons. The number of rotatable bonds is 2. The summed E-state index contributed by atoms with van der Waals surface area (Å²) in [5.41, 5.74) is 0. The molecule has 1 aliphatic heterocycles. The van der Waals surface area contributed by atoms with E-state index >= 15 is 0 Å². The topological polar surface area (TPSA) is 35.5 Å². The quantitative estimate of drug-likeness (QED) is 0.593. The Labute approximate surface area is 72.4 Å². The van der Waals surface area contributed by atoms with Crippen molar-refractivity contribution in [2.24, 2.45) is 5.92 Å². The number of hydrogen-bond donors (Lipinski definition) is 0. The lowest BCUT2D eigenvalue weighted by atomic mass is 10.1. The van der Waals surface area contributed by atoms with Crippen LogP contribution in [0.1, 0.15) is 27.2 Å². The summed E-state index contributed by atoms with van der Waals surface area (Å²) in [6.45, 7) is 5.79. The highest BCUT2D eigenvalue weighted by molar-refractivity contribution is 5.83. The van der Waals surface area contributed by atoms with Gasteiger partial charge in [-0.15, -0.1) is 0 Å². The maximum atomic E-state index is 10.9. The van der Waals surface area contributed by atoms with Gasteiger partial charge >= 0.3 is 5.97 Å². The van der Waals surface area contributed by atoms with E-state index in [1.54, 1.807) is 6.92 Å². The molecule has 0 spiro atoms. The van der Waals surface area contributed by atoms with E-state index < -0.39 is 6.29 Å². The Bertz CT molecular complexity index is 208. The smallest absolute Gasteiger partial charge is 0.337 e. The standard InChI is InChI=1S/C9H14O3/c1-4-6(2)9-11-7(3)5-8(10)12-9/h5-6,9H,4H2,1-3H3/t6-,9+/m1/s1. The summed E-state index contributed by atoms with van der Waals surface area (Å²) < 4.78 is 10.3. The highest BCUT2D eigenvalue weighted by atomic mass is 16.7. The summed E-state index contributed by atoms with van der Waals surface area (Å²) in [5, 5.41) is 0. The first-order chi connectivity index (χ1) is 5.63. The molecule has 0 saturated heterocycles. The van der Waals surface area contributed by atoms with Crippen LogP contribution < -0.4 is 0 Å². The van der Waals surface area contributed by atoms with Gasteiger partial charge in [0.2, 0.25) is 6.29 Å². The van der Waals surface area contributed by atoms with Crippen molar-refractivity contribution in [1.82, 2.24) is 0 Å². The summed E-state index contributed by atoms with van der Waals surface area (Å²) in [7, 11) is 0. The van der Waals surface area contributed by atoms with Gasteiger partial charge in [0.15, 0.2) is 0 Å². The Morgan fingerprint density at radius 1 is 1.58 bits per heavy atom. The summed E-state index contributed by atoms with van der Waals surface area (Å²) >= 11 is 0. The third kappa shape index (κ3) is 2.00. The average Bonchev–Trinajstić information content (AvgIpc) is 2.01. The number of carbonyl (C=O) groups excluding carboxylic acids is 1. The van der Waals surface area contributed by atoms with Crippen LogP contribution in [0.5, 0.6) is 0 Å². The van der Waals surface area contributed by atoms with Crippen molar-refractivity contribution in [3.8, 4) is 0 Å². The second-order valence-electron chi connectivity index (χ2n) is 3.06. The third-order valence-electron chi connectivity index (χ3n) is 1.96. The maximum absolute atomic E-state index is 10.9. The zero-order chi connectivity index (χ0) is 9.14. The summed E-state index contributed by atoms with van der Waals surface area (Å²) in [6, 6.07) is 0. The molecular formula is C9H14O3. The summed E-state index contributed by atoms with van der Waals surface area (Å²) in [5.74, 6) is 0.582. The van der Waals surface area contributed by atoms with Gasteiger partial charge in [-0.2, -0.15) is 0 Å². The van der Waals surface area contributed by atoms with Gasteiger partial charge in [-0.3, -0.25) is 0 Å². The van der Waals surface area contributed by atoms with Gasteiger partial charge in [-0.1, -0.05) is 13.8 Å². The van der Waals surface area contributed by atoms with Crippen molar-refractivity contribution in [1.29, 1.82) is 0 Å². The van der Waals surface area contributed by atoms with E-state index in [2.05, 4.69) is 0 Å². The first-order valence-electron chi connectivity index (χ1n) is 4.19. The van der Waals surface area contributed by atoms with Crippen LogP contribution in [0.15, 0.2) is 11.8 Å². The Morgan fingerprint density at radius 2 is 2.25 bits per heavy atom. The van der Waals surface area contributed by atoms with Gasteiger partial charge in [0.25, 0.3) is 0 Å². The van der Waals surface area contributed by atoms with Gasteiger partial charge in [-0.25, -0.2) is 4.79 Å². The molecule has 0 aromatic heterocycles. The Kier molecular flexibility index (Phi) is 2.74. The largest absolute Gasteiger partial charge is 0.459 e. The highest BCUT2D eigenvalue weighted by Crippen LogP contribution is 2.20. The number of esters is 1. The van der Waals surface area contributed by atoms with Crippen molar-refractivity contribution in [2.45, 2.75) is 33.5 Å². The molecule has 0 aliphatic carbocycles. The van der Waals surface area contributed by atoms with Crippen LogP contribution >= 0.6 is 0 Å². The molecule has 3 nitrogen and oxygen atoms in total. The van der Waals surface area contributed by atoms with Gasteiger partial charge in [-0.05, 0) is 13.3 Å². The van der Waals surface area contributed by atoms with E-state index in [0.717, 1.165) is 6.42 Å². The minimum absolute atomic E-state index is 0.248. The zero-order valence-electron chi connectivity index (χ0n) is 7.66. The fraction of sp³-hybridized carbons (Fsp3) is 0.667. The molecule has 0 N–H and O–H groups in total. The van der Waals surface area contributed by atoms with E-state index in [9.17, 15) is 4.79 Å². The highest BCUT2D eigenvalue weighted by Gasteiger charge is 2.25. The molecule has 0 aromatic rings. The average molecular weight is 170 g/mol. The van der Waals surface area contributed by atoms with Crippen molar-refractivity contribution in [3.63, 3.8) is 0 Å². The molecule has 1 heterocycles. The molecule has 0 fully saturated rings. The van der Waals surface area contributed by atoms with Crippen molar-refractivity contribution in [2.75, 3.05) is 0 Å². The maximum Gasteiger partial charge on any atom is 0.337 e. The monoisotopic (exact) mass is 170 g/mol. The molecule has 2 atom stereocenters.